The van der Waals surface area contributed by atoms with Crippen LogP contribution in [-0.4, -0.2) is 21.2 Å². The Bertz CT molecular complexity index is 1640. The van der Waals surface area contributed by atoms with Crippen LogP contribution in [0.1, 0.15) is 0 Å². The van der Waals surface area contributed by atoms with Gasteiger partial charge in [-0.2, -0.15) is 10.2 Å². The number of azo groups is 1. The summed E-state index contributed by atoms with van der Waals surface area (Å²) < 4.78 is 1.50. The van der Waals surface area contributed by atoms with E-state index in [1.807, 2.05) is 36.4 Å². The van der Waals surface area contributed by atoms with Crippen molar-refractivity contribution >= 4 is 57.2 Å². The molecule has 5 rings (SSSR count). The molecule has 1 heterocycles. The molecule has 1 N–H and O–H groups in total. The zero-order valence-electron chi connectivity index (χ0n) is 19.4. The molecule has 0 unspecified atom stereocenters. The number of rotatable bonds is 7. The number of hydrogen-bond acceptors (Lipinski definition) is 6. The number of hydrogen-bond donors (Lipinski definition) is 1. The molecule has 0 bridgehead atoms. The van der Waals surface area contributed by atoms with E-state index in [1.54, 1.807) is 66.7 Å². The van der Waals surface area contributed by atoms with Gasteiger partial charge in [0, 0.05) is 10.7 Å². The Kier molecular flexibility index (Phi) is 7.39. The molecule has 1 aromatic heterocycles. The number of nitrogens with one attached hydrogen (secondary N) is 1. The van der Waals surface area contributed by atoms with E-state index in [0.29, 0.717) is 38.1 Å². The van der Waals surface area contributed by atoms with E-state index in [2.05, 4.69) is 20.5 Å². The molecule has 182 valence electrons. The van der Waals surface area contributed by atoms with Gasteiger partial charge in [-0.05, 0) is 72.8 Å². The second kappa shape index (κ2) is 11.2. The van der Waals surface area contributed by atoms with Crippen LogP contribution in [0.2, 0.25) is 5.02 Å². The SMILES string of the molecule is O=C(CSc1nc2ccccc2c(=O)n1-c1ccc(Cl)cc1)Nc1ccc(N=Nc2ccccc2)cc1. The average molecular weight is 526 g/mol. The predicted molar refractivity (Wildman–Crippen MR) is 149 cm³/mol. The van der Waals surface area contributed by atoms with Crippen LogP contribution < -0.4 is 10.9 Å². The zero-order valence-corrected chi connectivity index (χ0v) is 21.0. The van der Waals surface area contributed by atoms with Gasteiger partial charge in [0.05, 0.1) is 33.7 Å². The van der Waals surface area contributed by atoms with E-state index in [1.165, 1.54) is 16.3 Å². The monoisotopic (exact) mass is 525 g/mol. The van der Waals surface area contributed by atoms with Crippen molar-refractivity contribution < 1.29 is 4.79 Å². The van der Waals surface area contributed by atoms with Gasteiger partial charge in [0.1, 0.15) is 0 Å². The number of aromatic nitrogens is 2. The summed E-state index contributed by atoms with van der Waals surface area (Å²) in [5.41, 5.74) is 3.04. The van der Waals surface area contributed by atoms with E-state index >= 15 is 0 Å². The van der Waals surface area contributed by atoms with Crippen LogP contribution in [0.5, 0.6) is 0 Å². The van der Waals surface area contributed by atoms with E-state index in [9.17, 15) is 9.59 Å². The molecule has 0 fully saturated rings. The molecule has 0 aliphatic heterocycles. The van der Waals surface area contributed by atoms with Crippen molar-refractivity contribution in [3.8, 4) is 5.69 Å². The molecule has 0 aliphatic rings. The molecule has 4 aromatic carbocycles. The van der Waals surface area contributed by atoms with Crippen molar-refractivity contribution in [2.45, 2.75) is 5.16 Å². The molecule has 0 saturated carbocycles. The molecule has 0 radical (unpaired) electrons. The number of nitrogens with zero attached hydrogens (tertiary/aromatic N) is 4. The topological polar surface area (TPSA) is 88.7 Å². The number of carbonyl (C=O) groups excluding carboxylic acids is 1. The van der Waals surface area contributed by atoms with Crippen molar-refractivity contribution in [1.82, 2.24) is 9.55 Å². The first-order chi connectivity index (χ1) is 18.1. The molecule has 5 aromatic rings. The van der Waals surface area contributed by atoms with Crippen LogP contribution in [0.15, 0.2) is 123 Å². The Morgan fingerprint density at radius 2 is 1.49 bits per heavy atom. The summed E-state index contributed by atoms with van der Waals surface area (Å²) >= 11 is 7.22. The van der Waals surface area contributed by atoms with Crippen LogP contribution in [0, 0.1) is 0 Å². The highest BCUT2D eigenvalue weighted by Crippen LogP contribution is 2.24. The van der Waals surface area contributed by atoms with Gasteiger partial charge in [0.15, 0.2) is 5.16 Å². The first-order valence-corrected chi connectivity index (χ1v) is 12.7. The Labute approximate surface area is 221 Å². The van der Waals surface area contributed by atoms with Crippen molar-refractivity contribution in [2.24, 2.45) is 10.2 Å². The van der Waals surface area contributed by atoms with E-state index in [4.69, 9.17) is 11.6 Å². The molecule has 0 spiro atoms. The van der Waals surface area contributed by atoms with Gasteiger partial charge in [-0.3, -0.25) is 14.2 Å². The largest absolute Gasteiger partial charge is 0.325 e. The fourth-order valence-corrected chi connectivity index (χ4v) is 4.51. The average Bonchev–Trinajstić information content (AvgIpc) is 2.93. The van der Waals surface area contributed by atoms with Crippen molar-refractivity contribution in [1.29, 1.82) is 0 Å². The van der Waals surface area contributed by atoms with E-state index in [-0.39, 0.29) is 17.2 Å². The van der Waals surface area contributed by atoms with Crippen LogP contribution in [-0.2, 0) is 4.79 Å². The van der Waals surface area contributed by atoms with Crippen molar-refractivity contribution in [3.63, 3.8) is 0 Å². The number of para-hydroxylation sites is 1. The van der Waals surface area contributed by atoms with Gasteiger partial charge < -0.3 is 5.32 Å². The summed E-state index contributed by atoms with van der Waals surface area (Å²) in [4.78, 5) is 30.7. The minimum absolute atomic E-state index is 0.0633. The third kappa shape index (κ3) is 5.94. The Balaban J connectivity index is 1.31. The van der Waals surface area contributed by atoms with Gasteiger partial charge in [0.2, 0.25) is 5.91 Å². The predicted octanol–water partition coefficient (Wildman–Crippen LogP) is 7.19. The molecule has 0 saturated heterocycles. The number of anilines is 1. The van der Waals surface area contributed by atoms with Gasteiger partial charge in [-0.15, -0.1) is 0 Å². The number of thioether (sulfide) groups is 1. The maximum Gasteiger partial charge on any atom is 0.266 e. The molecular weight excluding hydrogens is 506 g/mol. The molecule has 1 amide bonds. The van der Waals surface area contributed by atoms with Gasteiger partial charge >= 0.3 is 0 Å². The highest BCUT2D eigenvalue weighted by molar-refractivity contribution is 7.99. The highest BCUT2D eigenvalue weighted by Gasteiger charge is 2.15. The van der Waals surface area contributed by atoms with E-state index < -0.39 is 0 Å². The number of carbonyl (C=O) groups is 1. The lowest BCUT2D eigenvalue weighted by atomic mass is 10.2. The minimum Gasteiger partial charge on any atom is -0.325 e. The van der Waals surface area contributed by atoms with Crippen molar-refractivity contribution in [3.05, 3.63) is 119 Å². The standard InChI is InChI=1S/C28H20ClN5O2S/c29-19-10-16-23(17-11-19)34-27(36)24-8-4-5-9-25(24)31-28(34)37-18-26(35)30-20-12-14-22(15-13-20)33-32-21-6-2-1-3-7-21/h1-17H,18H2,(H,30,35). The Morgan fingerprint density at radius 1 is 0.838 bits per heavy atom. The summed E-state index contributed by atoms with van der Waals surface area (Å²) in [6, 6.07) is 30.6. The number of benzene rings is 4. The summed E-state index contributed by atoms with van der Waals surface area (Å²) in [5, 5.41) is 12.7. The number of halogens is 1. The van der Waals surface area contributed by atoms with Crippen LogP contribution in [0.3, 0.4) is 0 Å². The maximum absolute atomic E-state index is 13.3. The lowest BCUT2D eigenvalue weighted by Crippen LogP contribution is -2.22. The molecule has 9 heteroatoms. The molecule has 7 nitrogen and oxygen atoms in total. The summed E-state index contributed by atoms with van der Waals surface area (Å²) in [7, 11) is 0. The summed E-state index contributed by atoms with van der Waals surface area (Å²) in [6.07, 6.45) is 0. The van der Waals surface area contributed by atoms with Gasteiger partial charge in [0.25, 0.3) is 5.56 Å². The van der Waals surface area contributed by atoms with Gasteiger partial charge in [-0.25, -0.2) is 4.98 Å². The van der Waals surface area contributed by atoms with Crippen molar-refractivity contribution in [2.75, 3.05) is 11.1 Å². The molecule has 37 heavy (non-hydrogen) atoms. The number of amides is 1. The second-order valence-electron chi connectivity index (χ2n) is 7.95. The van der Waals surface area contributed by atoms with Crippen LogP contribution in [0.25, 0.3) is 16.6 Å². The third-order valence-electron chi connectivity index (χ3n) is 5.35. The minimum atomic E-state index is -0.228. The lowest BCUT2D eigenvalue weighted by molar-refractivity contribution is -0.113. The van der Waals surface area contributed by atoms with Gasteiger partial charge in [-0.1, -0.05) is 53.7 Å². The Hall–Kier alpha value is -4.27. The zero-order chi connectivity index (χ0) is 25.6. The Morgan fingerprint density at radius 3 is 2.22 bits per heavy atom. The normalized spacial score (nSPS) is 11.2. The third-order valence-corrected chi connectivity index (χ3v) is 6.54. The molecular formula is C28H20ClN5O2S. The first-order valence-electron chi connectivity index (χ1n) is 11.3. The summed E-state index contributed by atoms with van der Waals surface area (Å²) in [5.74, 6) is -0.165. The summed E-state index contributed by atoms with van der Waals surface area (Å²) in [6.45, 7) is 0. The van der Waals surface area contributed by atoms with Crippen LogP contribution in [0.4, 0.5) is 17.1 Å². The lowest BCUT2D eigenvalue weighted by Gasteiger charge is -2.13. The highest BCUT2D eigenvalue weighted by atomic mass is 35.5. The number of fused-ring (bicyclic) bond motifs is 1. The molecule has 0 atom stereocenters. The maximum atomic E-state index is 13.3. The molecule has 0 aliphatic carbocycles. The second-order valence-corrected chi connectivity index (χ2v) is 9.33. The first kappa shape index (κ1) is 24.4. The van der Waals surface area contributed by atoms with E-state index in [0.717, 1.165) is 5.69 Å². The quantitative estimate of drug-likeness (QED) is 0.138. The smallest absolute Gasteiger partial charge is 0.266 e. The fraction of sp³-hybridized carbons (Fsp3) is 0.0357. The van der Waals surface area contributed by atoms with Crippen LogP contribution >= 0.6 is 23.4 Å². The fourth-order valence-electron chi connectivity index (χ4n) is 3.58.